The number of benzene rings is 1. The van der Waals surface area contributed by atoms with Crippen LogP contribution >= 0.6 is 11.3 Å². The highest BCUT2D eigenvalue weighted by atomic mass is 32.1. The summed E-state index contributed by atoms with van der Waals surface area (Å²) >= 11 is 1.69. The van der Waals surface area contributed by atoms with Crippen molar-refractivity contribution < 1.29 is 14.3 Å². The van der Waals surface area contributed by atoms with E-state index in [4.69, 9.17) is 9.47 Å². The smallest absolute Gasteiger partial charge is 0.264 e. The van der Waals surface area contributed by atoms with Crippen LogP contribution in [0.5, 0.6) is 11.5 Å². The molecular weight excluding hydrogens is 346 g/mol. The van der Waals surface area contributed by atoms with Gasteiger partial charge in [0.25, 0.3) is 5.91 Å². The van der Waals surface area contributed by atoms with Crippen molar-refractivity contribution in [3.05, 3.63) is 44.6 Å². The van der Waals surface area contributed by atoms with Crippen LogP contribution in [0.1, 0.15) is 51.5 Å². The topological polar surface area (TPSA) is 38.8 Å². The molecule has 0 saturated carbocycles. The largest absolute Gasteiger partial charge is 0.490 e. The Labute approximate surface area is 158 Å². The maximum atomic E-state index is 13.0. The Balaban J connectivity index is 1.56. The van der Waals surface area contributed by atoms with Gasteiger partial charge >= 0.3 is 0 Å². The van der Waals surface area contributed by atoms with Crippen molar-refractivity contribution >= 4 is 17.2 Å². The molecule has 1 amide bonds. The van der Waals surface area contributed by atoms with E-state index in [-0.39, 0.29) is 5.91 Å². The van der Waals surface area contributed by atoms with Gasteiger partial charge in [0, 0.05) is 18.0 Å². The third-order valence-electron chi connectivity index (χ3n) is 5.12. The Morgan fingerprint density at radius 2 is 1.73 bits per heavy atom. The monoisotopic (exact) mass is 371 g/mol. The normalized spacial score (nSPS) is 15.5. The van der Waals surface area contributed by atoms with Crippen LogP contribution in [0.3, 0.4) is 0 Å². The minimum Gasteiger partial charge on any atom is -0.490 e. The molecule has 0 unspecified atom stereocenters. The SMILES string of the molecule is CCOc1cc2c(cc1OCC)CN(C(=O)c1cc3c(s1)CCC3)CC2. The summed E-state index contributed by atoms with van der Waals surface area (Å²) in [5.74, 6) is 1.75. The Kier molecular flexibility index (Phi) is 4.90. The van der Waals surface area contributed by atoms with Crippen molar-refractivity contribution in [1.29, 1.82) is 0 Å². The fourth-order valence-electron chi connectivity index (χ4n) is 3.86. The van der Waals surface area contributed by atoms with Crippen LogP contribution in [-0.2, 0) is 25.8 Å². The van der Waals surface area contributed by atoms with Gasteiger partial charge in [0.1, 0.15) is 0 Å². The number of amides is 1. The van der Waals surface area contributed by atoms with Gasteiger partial charge in [-0.3, -0.25) is 4.79 Å². The van der Waals surface area contributed by atoms with E-state index in [1.165, 1.54) is 28.0 Å². The lowest BCUT2D eigenvalue weighted by Crippen LogP contribution is -2.35. The summed E-state index contributed by atoms with van der Waals surface area (Å²) in [6, 6.07) is 6.26. The summed E-state index contributed by atoms with van der Waals surface area (Å²) < 4.78 is 11.5. The summed E-state index contributed by atoms with van der Waals surface area (Å²) in [4.78, 5) is 17.3. The highest BCUT2D eigenvalue weighted by Crippen LogP contribution is 2.35. The number of ether oxygens (including phenoxy) is 2. The van der Waals surface area contributed by atoms with Crippen LogP contribution in [0.4, 0.5) is 0 Å². The van der Waals surface area contributed by atoms with Crippen molar-refractivity contribution in [1.82, 2.24) is 4.90 Å². The summed E-state index contributed by atoms with van der Waals surface area (Å²) in [7, 11) is 0. The number of carbonyl (C=O) groups is 1. The van der Waals surface area contributed by atoms with E-state index >= 15 is 0 Å². The summed E-state index contributed by atoms with van der Waals surface area (Å²) in [6.07, 6.45) is 4.35. The second-order valence-electron chi connectivity index (χ2n) is 6.82. The van der Waals surface area contributed by atoms with Crippen LogP contribution in [0.25, 0.3) is 0 Å². The van der Waals surface area contributed by atoms with E-state index in [0.29, 0.717) is 19.8 Å². The molecule has 0 bridgehead atoms. The number of aryl methyl sites for hydroxylation is 2. The zero-order chi connectivity index (χ0) is 18.1. The zero-order valence-electron chi connectivity index (χ0n) is 15.5. The van der Waals surface area contributed by atoms with Gasteiger partial charge in [-0.05, 0) is 74.4 Å². The molecule has 2 aliphatic rings. The van der Waals surface area contributed by atoms with Gasteiger partial charge in [0.15, 0.2) is 11.5 Å². The van der Waals surface area contributed by atoms with Gasteiger partial charge in [0.2, 0.25) is 0 Å². The van der Waals surface area contributed by atoms with E-state index in [9.17, 15) is 4.79 Å². The van der Waals surface area contributed by atoms with E-state index < -0.39 is 0 Å². The van der Waals surface area contributed by atoms with Crippen LogP contribution < -0.4 is 9.47 Å². The highest BCUT2D eigenvalue weighted by Gasteiger charge is 2.26. The lowest BCUT2D eigenvalue weighted by molar-refractivity contribution is 0.0739. The van der Waals surface area contributed by atoms with Gasteiger partial charge in [-0.25, -0.2) is 0 Å². The first kappa shape index (κ1) is 17.4. The lowest BCUT2D eigenvalue weighted by atomic mass is 9.98. The maximum absolute atomic E-state index is 13.0. The molecule has 0 spiro atoms. The van der Waals surface area contributed by atoms with Crippen molar-refractivity contribution in [3.63, 3.8) is 0 Å². The first-order valence-corrected chi connectivity index (χ1v) is 10.3. The molecule has 0 fully saturated rings. The van der Waals surface area contributed by atoms with E-state index in [0.717, 1.165) is 42.2 Å². The molecule has 138 valence electrons. The Bertz CT molecular complexity index is 805. The molecule has 0 radical (unpaired) electrons. The van der Waals surface area contributed by atoms with Crippen LogP contribution in [0, 0.1) is 0 Å². The zero-order valence-corrected chi connectivity index (χ0v) is 16.3. The fraction of sp³-hybridized carbons (Fsp3) is 0.476. The summed E-state index contributed by atoms with van der Waals surface area (Å²) in [5.41, 5.74) is 3.81. The molecular formula is C21H25NO3S. The maximum Gasteiger partial charge on any atom is 0.264 e. The minimum atomic E-state index is 0.168. The molecule has 2 heterocycles. The Morgan fingerprint density at radius 3 is 2.42 bits per heavy atom. The van der Waals surface area contributed by atoms with Gasteiger partial charge in [-0.15, -0.1) is 11.3 Å². The Hall–Kier alpha value is -2.01. The fourth-order valence-corrected chi connectivity index (χ4v) is 5.09. The number of rotatable bonds is 5. The van der Waals surface area contributed by atoms with Gasteiger partial charge in [-0.1, -0.05) is 0 Å². The Morgan fingerprint density at radius 1 is 1.00 bits per heavy atom. The molecule has 2 aromatic rings. The van der Waals surface area contributed by atoms with E-state index in [1.54, 1.807) is 11.3 Å². The van der Waals surface area contributed by atoms with Crippen LogP contribution in [0.15, 0.2) is 18.2 Å². The summed E-state index contributed by atoms with van der Waals surface area (Å²) in [6.45, 7) is 6.57. The molecule has 1 aliphatic heterocycles. The second kappa shape index (κ2) is 7.31. The highest BCUT2D eigenvalue weighted by molar-refractivity contribution is 7.14. The van der Waals surface area contributed by atoms with Crippen molar-refractivity contribution in [3.8, 4) is 11.5 Å². The molecule has 1 aromatic carbocycles. The van der Waals surface area contributed by atoms with Gasteiger partial charge in [0.05, 0.1) is 18.1 Å². The standard InChI is InChI=1S/C21H25NO3S/c1-3-24-17-10-14-8-9-22(13-16(14)11-18(17)25-4-2)21(23)20-12-15-6-5-7-19(15)26-20/h10-12H,3-9,13H2,1-2H3. The number of fused-ring (bicyclic) bond motifs is 2. The average Bonchev–Trinajstić information content (AvgIpc) is 3.23. The molecule has 1 aromatic heterocycles. The van der Waals surface area contributed by atoms with Crippen molar-refractivity contribution in [2.45, 2.75) is 46.1 Å². The minimum absolute atomic E-state index is 0.168. The predicted octanol–water partition coefficient (Wildman–Crippen LogP) is 4.23. The molecule has 5 heteroatoms. The number of nitrogens with zero attached hydrogens (tertiary/aromatic N) is 1. The molecule has 0 N–H and O–H groups in total. The molecule has 4 rings (SSSR count). The van der Waals surface area contributed by atoms with E-state index in [1.807, 2.05) is 18.7 Å². The third kappa shape index (κ3) is 3.20. The van der Waals surface area contributed by atoms with Crippen molar-refractivity contribution in [2.75, 3.05) is 19.8 Å². The van der Waals surface area contributed by atoms with Crippen LogP contribution in [0.2, 0.25) is 0 Å². The number of thiophene rings is 1. The number of hydrogen-bond donors (Lipinski definition) is 0. The quantitative estimate of drug-likeness (QED) is 0.789. The lowest BCUT2D eigenvalue weighted by Gasteiger charge is -2.29. The molecule has 1 aliphatic carbocycles. The van der Waals surface area contributed by atoms with Crippen LogP contribution in [-0.4, -0.2) is 30.6 Å². The van der Waals surface area contributed by atoms with Gasteiger partial charge in [-0.2, -0.15) is 0 Å². The number of hydrogen-bond acceptors (Lipinski definition) is 4. The first-order valence-electron chi connectivity index (χ1n) is 9.51. The molecule has 4 nitrogen and oxygen atoms in total. The molecule has 0 saturated heterocycles. The first-order chi connectivity index (χ1) is 12.7. The third-order valence-corrected chi connectivity index (χ3v) is 6.35. The molecule has 0 atom stereocenters. The van der Waals surface area contributed by atoms with Gasteiger partial charge < -0.3 is 14.4 Å². The number of carbonyl (C=O) groups excluding carboxylic acids is 1. The summed E-state index contributed by atoms with van der Waals surface area (Å²) in [5, 5.41) is 0. The predicted molar refractivity (Wildman–Crippen MR) is 104 cm³/mol. The average molecular weight is 372 g/mol. The van der Waals surface area contributed by atoms with E-state index in [2.05, 4.69) is 18.2 Å². The molecule has 26 heavy (non-hydrogen) atoms. The van der Waals surface area contributed by atoms with Crippen molar-refractivity contribution in [2.24, 2.45) is 0 Å². The second-order valence-corrected chi connectivity index (χ2v) is 7.96.